The van der Waals surface area contributed by atoms with E-state index in [9.17, 15) is 9.18 Å². The van der Waals surface area contributed by atoms with Gasteiger partial charge in [0.05, 0.1) is 17.8 Å². The zero-order valence-corrected chi connectivity index (χ0v) is 16.1. The molecule has 0 amide bonds. The molecule has 6 nitrogen and oxygen atoms in total. The number of hydrazine groups is 1. The maximum absolute atomic E-state index is 14.2. The van der Waals surface area contributed by atoms with E-state index in [-0.39, 0.29) is 16.5 Å². The Labute approximate surface area is 162 Å². The first kappa shape index (κ1) is 20.4. The van der Waals surface area contributed by atoms with Crippen LogP contribution in [0, 0.1) is 5.82 Å². The molecule has 0 bridgehead atoms. The average molecular weight is 402 g/mol. The summed E-state index contributed by atoms with van der Waals surface area (Å²) in [4.78, 5) is 11.1. The van der Waals surface area contributed by atoms with Crippen molar-refractivity contribution in [3.8, 4) is 5.75 Å². The van der Waals surface area contributed by atoms with Gasteiger partial charge in [0.2, 0.25) is 0 Å². The number of benzene rings is 1. The first-order valence-electron chi connectivity index (χ1n) is 8.14. The molecule has 0 radical (unpaired) electrons. The van der Waals surface area contributed by atoms with Gasteiger partial charge in [-0.2, -0.15) is 0 Å². The van der Waals surface area contributed by atoms with Crippen LogP contribution in [0.1, 0.15) is 19.8 Å². The van der Waals surface area contributed by atoms with Crippen molar-refractivity contribution in [2.75, 3.05) is 25.5 Å². The SMILES string of the molecule is COC(=O)/C=C/C(C)Oc1cc(NC(=S)N2CCCCN2)c(F)cc1Cl. The molecule has 1 fully saturated rings. The molecule has 1 heterocycles. The molecule has 9 heteroatoms. The molecule has 1 atom stereocenters. The number of rotatable bonds is 5. The highest BCUT2D eigenvalue weighted by Crippen LogP contribution is 2.31. The molecule has 0 aromatic heterocycles. The Morgan fingerprint density at radius 3 is 2.92 bits per heavy atom. The van der Waals surface area contributed by atoms with Gasteiger partial charge in [-0.1, -0.05) is 11.6 Å². The predicted octanol–water partition coefficient (Wildman–Crippen LogP) is 3.27. The van der Waals surface area contributed by atoms with E-state index in [2.05, 4.69) is 15.5 Å². The molecule has 2 N–H and O–H groups in total. The average Bonchev–Trinajstić information content (AvgIpc) is 2.64. The summed E-state index contributed by atoms with van der Waals surface area (Å²) in [5.74, 6) is -0.765. The summed E-state index contributed by atoms with van der Waals surface area (Å²) in [6.07, 6.45) is 4.37. The van der Waals surface area contributed by atoms with E-state index in [0.29, 0.717) is 5.11 Å². The Hall–Kier alpha value is -1.90. The van der Waals surface area contributed by atoms with Gasteiger partial charge in [-0.3, -0.25) is 5.01 Å². The fraction of sp³-hybridized carbons (Fsp3) is 0.412. The quantitative estimate of drug-likeness (QED) is 0.446. The van der Waals surface area contributed by atoms with Crippen LogP contribution < -0.4 is 15.5 Å². The van der Waals surface area contributed by atoms with Crippen molar-refractivity contribution < 1.29 is 18.7 Å². The molecule has 142 valence electrons. The lowest BCUT2D eigenvalue weighted by molar-refractivity contribution is -0.134. The number of anilines is 1. The van der Waals surface area contributed by atoms with Crippen LogP contribution in [0.5, 0.6) is 5.75 Å². The summed E-state index contributed by atoms with van der Waals surface area (Å²) in [6.45, 7) is 3.29. The first-order chi connectivity index (χ1) is 12.4. The van der Waals surface area contributed by atoms with Gasteiger partial charge >= 0.3 is 5.97 Å². The smallest absolute Gasteiger partial charge is 0.330 e. The van der Waals surface area contributed by atoms with Gasteiger partial charge in [0, 0.05) is 25.2 Å². The normalized spacial score (nSPS) is 15.6. The van der Waals surface area contributed by atoms with Crippen molar-refractivity contribution in [1.29, 1.82) is 0 Å². The van der Waals surface area contributed by atoms with Gasteiger partial charge in [-0.05, 0) is 44.1 Å². The van der Waals surface area contributed by atoms with Crippen molar-refractivity contribution in [2.24, 2.45) is 0 Å². The van der Waals surface area contributed by atoms with Crippen LogP contribution in [0.2, 0.25) is 5.02 Å². The van der Waals surface area contributed by atoms with Crippen molar-refractivity contribution in [1.82, 2.24) is 10.4 Å². The number of esters is 1. The molecule has 1 aromatic carbocycles. The minimum atomic E-state index is -0.542. The molecule has 1 aliphatic heterocycles. The number of nitrogens with zero attached hydrogens (tertiary/aromatic N) is 1. The fourth-order valence-corrected chi connectivity index (χ4v) is 2.74. The third-order valence-corrected chi connectivity index (χ3v) is 4.25. The van der Waals surface area contributed by atoms with Crippen LogP contribution in [0.3, 0.4) is 0 Å². The summed E-state index contributed by atoms with van der Waals surface area (Å²) in [5.41, 5.74) is 3.30. The number of carbonyl (C=O) groups is 1. The van der Waals surface area contributed by atoms with Crippen molar-refractivity contribution in [2.45, 2.75) is 25.9 Å². The van der Waals surface area contributed by atoms with E-state index in [1.165, 1.54) is 25.3 Å². The van der Waals surface area contributed by atoms with Crippen molar-refractivity contribution in [3.63, 3.8) is 0 Å². The highest BCUT2D eigenvalue weighted by molar-refractivity contribution is 7.80. The first-order valence-corrected chi connectivity index (χ1v) is 8.93. The monoisotopic (exact) mass is 401 g/mol. The molecule has 1 aromatic rings. The van der Waals surface area contributed by atoms with E-state index in [1.54, 1.807) is 11.9 Å². The van der Waals surface area contributed by atoms with Crippen LogP contribution in [0.15, 0.2) is 24.3 Å². The van der Waals surface area contributed by atoms with E-state index < -0.39 is 17.9 Å². The highest BCUT2D eigenvalue weighted by Gasteiger charge is 2.17. The van der Waals surface area contributed by atoms with E-state index in [4.69, 9.17) is 28.6 Å². The molecule has 0 saturated carbocycles. The summed E-state index contributed by atoms with van der Waals surface area (Å²) in [7, 11) is 1.28. The third kappa shape index (κ3) is 5.82. The summed E-state index contributed by atoms with van der Waals surface area (Å²) in [5, 5.41) is 5.13. The lowest BCUT2D eigenvalue weighted by Crippen LogP contribution is -2.48. The second-order valence-electron chi connectivity index (χ2n) is 5.66. The third-order valence-electron chi connectivity index (χ3n) is 3.64. The second-order valence-corrected chi connectivity index (χ2v) is 6.46. The molecule has 0 aliphatic carbocycles. The topological polar surface area (TPSA) is 62.8 Å². The molecule has 1 unspecified atom stereocenters. The number of hydrogen-bond donors (Lipinski definition) is 2. The number of halogens is 2. The number of thiocarbonyl (C=S) groups is 1. The predicted molar refractivity (Wildman–Crippen MR) is 103 cm³/mol. The minimum absolute atomic E-state index is 0.119. The maximum Gasteiger partial charge on any atom is 0.330 e. The number of hydrogen-bond acceptors (Lipinski definition) is 5. The lowest BCUT2D eigenvalue weighted by Gasteiger charge is -2.30. The molecular formula is C17H21ClFN3O3S. The van der Waals surface area contributed by atoms with Gasteiger partial charge in [-0.25, -0.2) is 14.6 Å². The summed E-state index contributed by atoms with van der Waals surface area (Å²) < 4.78 is 24.4. The van der Waals surface area contributed by atoms with Crippen LogP contribution >= 0.6 is 23.8 Å². The Kier molecular flexibility index (Phi) is 7.62. The minimum Gasteiger partial charge on any atom is -0.485 e. The zero-order valence-electron chi connectivity index (χ0n) is 14.6. The van der Waals surface area contributed by atoms with Crippen LogP contribution in [0.4, 0.5) is 10.1 Å². The number of nitrogens with one attached hydrogen (secondary N) is 2. The molecule has 1 saturated heterocycles. The van der Waals surface area contributed by atoms with E-state index in [1.807, 2.05) is 0 Å². The van der Waals surface area contributed by atoms with Gasteiger partial charge in [-0.15, -0.1) is 0 Å². The molecule has 26 heavy (non-hydrogen) atoms. The van der Waals surface area contributed by atoms with Crippen LogP contribution in [0.25, 0.3) is 0 Å². The second kappa shape index (κ2) is 9.70. The Bertz CT molecular complexity index is 696. The number of carbonyl (C=O) groups excluding carboxylic acids is 1. The van der Waals surface area contributed by atoms with Gasteiger partial charge in [0.15, 0.2) is 5.11 Å². The largest absolute Gasteiger partial charge is 0.485 e. The van der Waals surface area contributed by atoms with Crippen molar-refractivity contribution in [3.05, 3.63) is 35.1 Å². The summed E-state index contributed by atoms with van der Waals surface area (Å²) in [6, 6.07) is 2.60. The fourth-order valence-electron chi connectivity index (χ4n) is 2.28. The van der Waals surface area contributed by atoms with Crippen molar-refractivity contribution >= 4 is 40.6 Å². The molecule has 2 rings (SSSR count). The zero-order chi connectivity index (χ0) is 19.1. The Balaban J connectivity index is 2.08. The van der Waals surface area contributed by atoms with Crippen LogP contribution in [-0.4, -0.2) is 42.4 Å². The van der Waals surface area contributed by atoms with E-state index in [0.717, 1.165) is 32.0 Å². The number of methoxy groups -OCH3 is 1. The lowest BCUT2D eigenvalue weighted by atomic mass is 10.2. The molecular weight excluding hydrogens is 381 g/mol. The van der Waals surface area contributed by atoms with Gasteiger partial charge in [0.25, 0.3) is 0 Å². The highest BCUT2D eigenvalue weighted by atomic mass is 35.5. The standard InChI is InChI=1S/C17H21ClFN3O3S/c1-11(5-6-16(23)24-2)25-15-10-14(13(19)9-12(15)18)21-17(26)22-8-4-3-7-20-22/h5-6,9-11,20H,3-4,7-8H2,1-2H3,(H,21,26)/b6-5+. The maximum atomic E-state index is 14.2. The Morgan fingerprint density at radius 2 is 2.27 bits per heavy atom. The Morgan fingerprint density at radius 1 is 1.50 bits per heavy atom. The van der Waals surface area contributed by atoms with Crippen LogP contribution in [-0.2, 0) is 9.53 Å². The van der Waals surface area contributed by atoms with E-state index >= 15 is 0 Å². The molecule has 0 spiro atoms. The number of ether oxygens (including phenoxy) is 2. The van der Waals surface area contributed by atoms with Gasteiger partial charge < -0.3 is 14.8 Å². The van der Waals surface area contributed by atoms with Gasteiger partial charge in [0.1, 0.15) is 17.7 Å². The molecule has 1 aliphatic rings. The summed E-state index contributed by atoms with van der Waals surface area (Å²) >= 11 is 11.4.